The zero-order valence-corrected chi connectivity index (χ0v) is 12.8. The Morgan fingerprint density at radius 3 is 2.86 bits per heavy atom. The van der Waals surface area contributed by atoms with Crippen molar-refractivity contribution in [2.75, 3.05) is 5.73 Å². The van der Waals surface area contributed by atoms with Gasteiger partial charge >= 0.3 is 0 Å². The Balaban J connectivity index is 2.22. The van der Waals surface area contributed by atoms with Crippen molar-refractivity contribution < 1.29 is 4.39 Å². The predicted octanol–water partition coefficient (Wildman–Crippen LogP) is 3.47. The van der Waals surface area contributed by atoms with E-state index in [1.54, 1.807) is 24.3 Å². The molecule has 0 atom stereocenters. The van der Waals surface area contributed by atoms with Gasteiger partial charge in [0.15, 0.2) is 5.82 Å². The lowest BCUT2D eigenvalue weighted by atomic mass is 10.1. The van der Waals surface area contributed by atoms with E-state index in [-0.39, 0.29) is 0 Å². The fourth-order valence-corrected chi connectivity index (χ4v) is 2.49. The van der Waals surface area contributed by atoms with E-state index in [9.17, 15) is 4.39 Å². The number of nitrogens with two attached hydrogens (primary N) is 1. The van der Waals surface area contributed by atoms with E-state index >= 15 is 0 Å². The molecule has 0 saturated carbocycles. The SMILES string of the molecule is Nc1c(Cl)cccc1-c1nnnn1-c1cc(F)ccc1Br. The molecule has 0 amide bonds. The molecule has 8 heteroatoms. The lowest BCUT2D eigenvalue weighted by molar-refractivity contribution is 0.624. The van der Waals surface area contributed by atoms with Crippen molar-refractivity contribution in [2.24, 2.45) is 0 Å². The van der Waals surface area contributed by atoms with Crippen LogP contribution in [0, 0.1) is 5.82 Å². The molecular formula is C13H8BrClFN5. The van der Waals surface area contributed by atoms with Gasteiger partial charge in [-0.3, -0.25) is 0 Å². The van der Waals surface area contributed by atoms with Gasteiger partial charge in [-0.2, -0.15) is 4.68 Å². The second kappa shape index (κ2) is 5.42. The van der Waals surface area contributed by atoms with Crippen LogP contribution in [0.4, 0.5) is 10.1 Å². The van der Waals surface area contributed by atoms with E-state index < -0.39 is 5.82 Å². The molecule has 21 heavy (non-hydrogen) atoms. The predicted molar refractivity (Wildman–Crippen MR) is 81.7 cm³/mol. The quantitative estimate of drug-likeness (QED) is 0.703. The van der Waals surface area contributed by atoms with Crippen molar-refractivity contribution in [2.45, 2.75) is 0 Å². The summed E-state index contributed by atoms with van der Waals surface area (Å²) in [6.45, 7) is 0. The van der Waals surface area contributed by atoms with Crippen molar-refractivity contribution in [1.29, 1.82) is 0 Å². The first-order chi connectivity index (χ1) is 10.1. The lowest BCUT2D eigenvalue weighted by Crippen LogP contribution is -2.03. The summed E-state index contributed by atoms with van der Waals surface area (Å²) in [5, 5.41) is 11.9. The highest BCUT2D eigenvalue weighted by atomic mass is 79.9. The van der Waals surface area contributed by atoms with Gasteiger partial charge in [0.05, 0.1) is 16.4 Å². The zero-order chi connectivity index (χ0) is 15.0. The molecule has 2 aromatic carbocycles. The summed E-state index contributed by atoms with van der Waals surface area (Å²) in [5.74, 6) is -0.0185. The van der Waals surface area contributed by atoms with Crippen LogP contribution in [0.1, 0.15) is 0 Å². The van der Waals surface area contributed by atoms with Crippen molar-refractivity contribution in [3.05, 3.63) is 51.7 Å². The molecule has 3 aromatic rings. The number of benzene rings is 2. The number of rotatable bonds is 2. The van der Waals surface area contributed by atoms with Gasteiger partial charge in [0, 0.05) is 16.1 Å². The number of para-hydroxylation sites is 1. The normalized spacial score (nSPS) is 10.8. The molecule has 106 valence electrons. The molecule has 0 fully saturated rings. The van der Waals surface area contributed by atoms with Gasteiger partial charge in [-0.05, 0) is 50.6 Å². The van der Waals surface area contributed by atoms with Crippen LogP contribution in [-0.2, 0) is 0 Å². The Morgan fingerprint density at radius 1 is 1.24 bits per heavy atom. The molecule has 0 radical (unpaired) electrons. The van der Waals surface area contributed by atoms with Crippen molar-refractivity contribution in [1.82, 2.24) is 20.2 Å². The van der Waals surface area contributed by atoms with Crippen LogP contribution in [0.25, 0.3) is 17.1 Å². The maximum absolute atomic E-state index is 13.5. The molecule has 3 rings (SSSR count). The minimum Gasteiger partial charge on any atom is -0.397 e. The molecule has 0 unspecified atom stereocenters. The van der Waals surface area contributed by atoms with Crippen LogP contribution in [0.3, 0.4) is 0 Å². The molecule has 0 aliphatic rings. The van der Waals surface area contributed by atoms with Crippen molar-refractivity contribution in [3.8, 4) is 17.1 Å². The number of hydrogen-bond donors (Lipinski definition) is 1. The maximum atomic E-state index is 13.5. The minimum absolute atomic E-state index is 0.364. The molecule has 1 aromatic heterocycles. The summed E-state index contributed by atoms with van der Waals surface area (Å²) >= 11 is 9.36. The number of hydrogen-bond acceptors (Lipinski definition) is 4. The highest BCUT2D eigenvalue weighted by molar-refractivity contribution is 9.10. The van der Waals surface area contributed by atoms with E-state index in [0.717, 1.165) is 0 Å². The van der Waals surface area contributed by atoms with E-state index in [4.69, 9.17) is 17.3 Å². The van der Waals surface area contributed by atoms with Crippen LogP contribution in [0.5, 0.6) is 0 Å². The van der Waals surface area contributed by atoms with Gasteiger partial charge in [-0.15, -0.1) is 5.10 Å². The molecule has 0 saturated heterocycles. The average molecular weight is 369 g/mol. The fourth-order valence-electron chi connectivity index (χ4n) is 1.90. The van der Waals surface area contributed by atoms with Gasteiger partial charge in [0.2, 0.25) is 0 Å². The standard InChI is InChI=1S/C13H8BrClFN5/c14-9-5-4-7(16)6-11(9)21-13(18-19-20-21)8-2-1-3-10(15)12(8)17/h1-6H,17H2. The van der Waals surface area contributed by atoms with E-state index in [2.05, 4.69) is 31.5 Å². The third-order valence-corrected chi connectivity index (χ3v) is 3.90. The van der Waals surface area contributed by atoms with Crippen LogP contribution >= 0.6 is 27.5 Å². The van der Waals surface area contributed by atoms with Crippen LogP contribution < -0.4 is 5.73 Å². The van der Waals surface area contributed by atoms with Crippen LogP contribution in [0.2, 0.25) is 5.02 Å². The summed E-state index contributed by atoms with van der Waals surface area (Å²) in [7, 11) is 0. The summed E-state index contributed by atoms with van der Waals surface area (Å²) in [4.78, 5) is 0. The second-order valence-electron chi connectivity index (χ2n) is 4.21. The number of nitrogen functional groups attached to an aromatic ring is 1. The molecular weight excluding hydrogens is 361 g/mol. The van der Waals surface area contributed by atoms with E-state index in [1.807, 2.05) is 0 Å². The number of halogens is 3. The molecule has 5 nitrogen and oxygen atoms in total. The Morgan fingerprint density at radius 2 is 2.05 bits per heavy atom. The first kappa shape index (κ1) is 14.0. The average Bonchev–Trinajstić information content (AvgIpc) is 2.93. The molecule has 1 heterocycles. The molecule has 0 spiro atoms. The molecule has 0 bridgehead atoms. The molecule has 2 N–H and O–H groups in total. The fraction of sp³-hybridized carbons (Fsp3) is 0. The van der Waals surface area contributed by atoms with Gasteiger partial charge in [0.1, 0.15) is 5.82 Å². The van der Waals surface area contributed by atoms with Crippen molar-refractivity contribution >= 4 is 33.2 Å². The van der Waals surface area contributed by atoms with Gasteiger partial charge in [-0.25, -0.2) is 4.39 Å². The summed E-state index contributed by atoms with van der Waals surface area (Å²) in [5.41, 5.74) is 7.37. The Hall–Kier alpha value is -1.99. The number of tetrazole rings is 1. The summed E-state index contributed by atoms with van der Waals surface area (Å²) in [6.07, 6.45) is 0. The van der Waals surface area contributed by atoms with Crippen LogP contribution in [-0.4, -0.2) is 20.2 Å². The Bertz CT molecular complexity index is 804. The molecule has 0 aliphatic heterocycles. The monoisotopic (exact) mass is 367 g/mol. The lowest BCUT2D eigenvalue weighted by Gasteiger charge is -2.09. The number of anilines is 1. The summed E-state index contributed by atoms with van der Waals surface area (Å²) < 4.78 is 15.5. The van der Waals surface area contributed by atoms with Gasteiger partial charge in [0.25, 0.3) is 0 Å². The number of aromatic nitrogens is 4. The van der Waals surface area contributed by atoms with Crippen molar-refractivity contribution in [3.63, 3.8) is 0 Å². The maximum Gasteiger partial charge on any atom is 0.189 e. The van der Waals surface area contributed by atoms with E-state index in [0.29, 0.717) is 32.3 Å². The first-order valence-corrected chi connectivity index (χ1v) is 7.03. The number of nitrogens with zero attached hydrogens (tertiary/aromatic N) is 4. The topological polar surface area (TPSA) is 69.6 Å². The van der Waals surface area contributed by atoms with Gasteiger partial charge in [-0.1, -0.05) is 17.7 Å². The Labute approximate surface area is 132 Å². The third-order valence-electron chi connectivity index (χ3n) is 2.90. The molecule has 0 aliphatic carbocycles. The van der Waals surface area contributed by atoms with E-state index in [1.165, 1.54) is 16.8 Å². The largest absolute Gasteiger partial charge is 0.397 e. The highest BCUT2D eigenvalue weighted by Gasteiger charge is 2.17. The smallest absolute Gasteiger partial charge is 0.189 e. The van der Waals surface area contributed by atoms with Gasteiger partial charge < -0.3 is 5.73 Å². The van der Waals surface area contributed by atoms with Crippen LogP contribution in [0.15, 0.2) is 40.9 Å². The summed E-state index contributed by atoms with van der Waals surface area (Å²) in [6, 6.07) is 9.41. The first-order valence-electron chi connectivity index (χ1n) is 5.86. The second-order valence-corrected chi connectivity index (χ2v) is 5.47. The highest BCUT2D eigenvalue weighted by Crippen LogP contribution is 2.32. The Kier molecular flexibility index (Phi) is 3.60. The minimum atomic E-state index is -0.395. The zero-order valence-electron chi connectivity index (χ0n) is 10.5. The third kappa shape index (κ3) is 2.50.